The van der Waals surface area contributed by atoms with Crippen molar-refractivity contribution in [3.63, 3.8) is 0 Å². The second kappa shape index (κ2) is 14.2. The summed E-state index contributed by atoms with van der Waals surface area (Å²) >= 11 is 3.38. The van der Waals surface area contributed by atoms with Crippen molar-refractivity contribution in [2.24, 2.45) is 17.8 Å². The van der Waals surface area contributed by atoms with Crippen molar-refractivity contribution in [1.82, 2.24) is 0 Å². The summed E-state index contributed by atoms with van der Waals surface area (Å²) in [6.07, 6.45) is -8.82. The van der Waals surface area contributed by atoms with Gasteiger partial charge in [-0.05, 0) is 98.1 Å². The van der Waals surface area contributed by atoms with Crippen LogP contribution in [0.2, 0.25) is 6.32 Å². The minimum atomic E-state index is -5.19. The van der Waals surface area contributed by atoms with Gasteiger partial charge in [0.1, 0.15) is 18.1 Å². The first-order valence-corrected chi connectivity index (χ1v) is 16.9. The third-order valence-electron chi connectivity index (χ3n) is 9.49. The van der Waals surface area contributed by atoms with Gasteiger partial charge in [0.25, 0.3) is 0 Å². The van der Waals surface area contributed by atoms with Crippen molar-refractivity contribution in [1.29, 1.82) is 0 Å². The zero-order chi connectivity index (χ0) is 36.8. The Labute approximate surface area is 297 Å². The van der Waals surface area contributed by atoms with E-state index in [0.717, 1.165) is 10.0 Å². The van der Waals surface area contributed by atoms with Gasteiger partial charge in [0.05, 0.1) is 34.8 Å². The van der Waals surface area contributed by atoms with E-state index in [0.29, 0.717) is 52.3 Å². The molecule has 2 N–H and O–H groups in total. The van der Waals surface area contributed by atoms with Gasteiger partial charge in [-0.3, -0.25) is 9.59 Å². The number of benzene rings is 3. The van der Waals surface area contributed by atoms with E-state index in [4.69, 9.17) is 9.39 Å². The van der Waals surface area contributed by atoms with Crippen LogP contribution in [0, 0.1) is 17.8 Å². The van der Waals surface area contributed by atoms with Gasteiger partial charge in [-0.1, -0.05) is 45.8 Å². The highest BCUT2D eigenvalue weighted by molar-refractivity contribution is 9.10. The second-order valence-corrected chi connectivity index (χ2v) is 13.8. The summed E-state index contributed by atoms with van der Waals surface area (Å²) in [5, 5.41) is 21.2. The van der Waals surface area contributed by atoms with Gasteiger partial charge in [0.2, 0.25) is 11.8 Å². The Morgan fingerprint density at radius 1 is 0.980 bits per heavy atom. The van der Waals surface area contributed by atoms with Gasteiger partial charge in [-0.25, -0.2) is 4.90 Å². The SMILES string of the molecule is C/C(=C\c1cc(Br)ccc1O)CC[C@H]1OB(O)C[C@H]2C1=C(COc1ccccc1)C[C@H]1C(=O)N(c3cc(C(F)(F)F)cc(C(F)(F)F)c3)C(=O)[C@H]12. The van der Waals surface area contributed by atoms with Crippen LogP contribution in [0.25, 0.3) is 6.08 Å². The number of rotatable bonds is 8. The summed E-state index contributed by atoms with van der Waals surface area (Å²) in [6.45, 7) is 1.81. The third kappa shape index (κ3) is 7.75. The fraction of sp³-hybridized carbons (Fsp3) is 0.333. The zero-order valence-electron chi connectivity index (χ0n) is 27.0. The fourth-order valence-corrected chi connectivity index (χ4v) is 7.62. The average molecular weight is 778 g/mol. The number of alkyl halides is 6. The lowest BCUT2D eigenvalue weighted by atomic mass is 9.58. The molecule has 7 nitrogen and oxygen atoms in total. The highest BCUT2D eigenvalue weighted by Gasteiger charge is 2.58. The summed E-state index contributed by atoms with van der Waals surface area (Å²) in [7, 11) is -1.38. The lowest BCUT2D eigenvalue weighted by Gasteiger charge is -2.43. The summed E-state index contributed by atoms with van der Waals surface area (Å²) in [5.74, 6) is -4.43. The van der Waals surface area contributed by atoms with Crippen LogP contribution in [-0.2, 0) is 26.6 Å². The molecule has 0 aromatic heterocycles. The second-order valence-electron chi connectivity index (χ2n) is 12.9. The van der Waals surface area contributed by atoms with E-state index < -0.39 is 72.0 Å². The Hall–Kier alpha value is -4.08. The fourth-order valence-electron chi connectivity index (χ4n) is 7.24. The van der Waals surface area contributed by atoms with Gasteiger partial charge in [-0.15, -0.1) is 0 Å². The monoisotopic (exact) mass is 777 g/mol. The minimum absolute atomic E-state index is 0.0426. The van der Waals surface area contributed by atoms with Crippen LogP contribution < -0.4 is 9.64 Å². The van der Waals surface area contributed by atoms with Crippen LogP contribution in [-0.4, -0.2) is 41.8 Å². The molecule has 0 saturated carbocycles. The molecule has 2 saturated heterocycles. The molecule has 15 heteroatoms. The van der Waals surface area contributed by atoms with Crippen LogP contribution >= 0.6 is 15.9 Å². The van der Waals surface area contributed by atoms with Crippen molar-refractivity contribution in [2.45, 2.75) is 51.0 Å². The van der Waals surface area contributed by atoms with E-state index in [-0.39, 0.29) is 31.2 Å². The molecular weight excluding hydrogens is 747 g/mol. The smallest absolute Gasteiger partial charge is 0.455 e. The maximum absolute atomic E-state index is 14.1. The molecule has 4 atom stereocenters. The average Bonchev–Trinajstić information content (AvgIpc) is 3.32. The molecular formula is C36H31BBrF6NO6. The number of carbonyl (C=O) groups is 2. The largest absolute Gasteiger partial charge is 0.507 e. The van der Waals surface area contributed by atoms with E-state index in [1.807, 2.05) is 6.92 Å². The molecule has 0 spiro atoms. The molecule has 2 amide bonds. The molecule has 1 aliphatic carbocycles. The molecule has 51 heavy (non-hydrogen) atoms. The number of carbonyl (C=O) groups excluding carboxylic acids is 2. The van der Waals surface area contributed by atoms with E-state index in [2.05, 4.69) is 15.9 Å². The highest BCUT2D eigenvalue weighted by atomic mass is 79.9. The van der Waals surface area contributed by atoms with Crippen molar-refractivity contribution in [2.75, 3.05) is 11.5 Å². The van der Waals surface area contributed by atoms with Gasteiger partial charge in [-0.2, -0.15) is 26.3 Å². The predicted molar refractivity (Wildman–Crippen MR) is 179 cm³/mol. The number of nitrogens with zero attached hydrogens (tertiary/aromatic N) is 1. The molecule has 268 valence electrons. The summed E-state index contributed by atoms with van der Waals surface area (Å²) in [6, 6.07) is 14.4. The summed E-state index contributed by atoms with van der Waals surface area (Å²) < 4.78 is 95.3. The Balaban J connectivity index is 1.36. The van der Waals surface area contributed by atoms with E-state index >= 15 is 0 Å². The normalized spacial score (nSPS) is 22.7. The number of imide groups is 1. The zero-order valence-corrected chi connectivity index (χ0v) is 28.6. The topological polar surface area (TPSA) is 96.3 Å². The quantitative estimate of drug-likeness (QED) is 0.103. The number of phenols is 1. The standard InChI is InChI=1S/C36H31BBrF6NO6/c1-19(11-20-12-24(38)8-9-29(20)46)7-10-30-31-21(18-50-26-5-3-2-4-6-26)13-27-32(28(31)17-37(49)51-30)34(48)45(33(27)47)25-15-22(35(39,40)41)14-23(16-25)36(42,43)44/h2-6,8-9,11-12,14-16,27-28,30,32,46,49H,7,10,13,17-18H2,1H3/b19-11+/t27-,28+,30-,32-/m1/s1. The number of halogens is 7. The molecule has 2 fully saturated rings. The minimum Gasteiger partial charge on any atom is -0.507 e. The lowest BCUT2D eigenvalue weighted by Crippen LogP contribution is -2.46. The number of para-hydroxylation sites is 1. The number of amides is 2. The van der Waals surface area contributed by atoms with Gasteiger partial charge in [0.15, 0.2) is 0 Å². The Morgan fingerprint density at radius 2 is 1.65 bits per heavy atom. The van der Waals surface area contributed by atoms with Gasteiger partial charge >= 0.3 is 19.5 Å². The van der Waals surface area contributed by atoms with Crippen LogP contribution in [0.5, 0.6) is 11.5 Å². The molecule has 3 aromatic carbocycles. The first kappa shape index (κ1) is 36.7. The number of aromatic hydroxyl groups is 1. The lowest BCUT2D eigenvalue weighted by molar-refractivity contribution is -0.143. The molecule has 6 rings (SSSR count). The molecule has 0 unspecified atom stereocenters. The number of fused-ring (bicyclic) bond motifs is 3. The van der Waals surface area contributed by atoms with E-state index in [9.17, 15) is 46.1 Å². The summed E-state index contributed by atoms with van der Waals surface area (Å²) in [5.41, 5.74) is -1.51. The number of allylic oxidation sites excluding steroid dienone is 1. The van der Waals surface area contributed by atoms with Gasteiger partial charge < -0.3 is 19.5 Å². The van der Waals surface area contributed by atoms with E-state index in [1.54, 1.807) is 54.6 Å². The number of anilines is 1. The van der Waals surface area contributed by atoms with E-state index in [1.165, 1.54) is 0 Å². The third-order valence-corrected chi connectivity index (χ3v) is 9.98. The molecule has 3 aromatic rings. The highest BCUT2D eigenvalue weighted by Crippen LogP contribution is 2.52. The van der Waals surface area contributed by atoms with Crippen molar-refractivity contribution < 1.29 is 55.5 Å². The first-order chi connectivity index (χ1) is 24.0. The molecule has 2 aliphatic heterocycles. The first-order valence-electron chi connectivity index (χ1n) is 16.1. The van der Waals surface area contributed by atoms with Gasteiger partial charge in [0, 0.05) is 10.0 Å². The van der Waals surface area contributed by atoms with Crippen LogP contribution in [0.4, 0.5) is 32.0 Å². The predicted octanol–water partition coefficient (Wildman–Crippen LogP) is 8.46. The van der Waals surface area contributed by atoms with Crippen molar-refractivity contribution in [3.05, 3.63) is 105 Å². The molecule has 0 bridgehead atoms. The summed E-state index contributed by atoms with van der Waals surface area (Å²) in [4.78, 5) is 28.4. The Morgan fingerprint density at radius 3 is 2.29 bits per heavy atom. The molecule has 0 radical (unpaired) electrons. The van der Waals surface area contributed by atoms with Crippen molar-refractivity contribution in [3.8, 4) is 11.5 Å². The van der Waals surface area contributed by atoms with Crippen LogP contribution in [0.15, 0.2) is 87.9 Å². The molecule has 3 aliphatic rings. The molecule has 2 heterocycles. The van der Waals surface area contributed by atoms with Crippen molar-refractivity contribution >= 4 is 46.6 Å². The number of phenolic OH excluding ortho intramolecular Hbond substituents is 1. The number of hydrogen-bond acceptors (Lipinski definition) is 6. The maximum Gasteiger partial charge on any atom is 0.455 e. The maximum atomic E-state index is 14.1. The number of hydrogen-bond donors (Lipinski definition) is 2. The Bertz CT molecular complexity index is 1870. The number of ether oxygens (including phenoxy) is 1. The Kier molecular flexibility index (Phi) is 10.2. The van der Waals surface area contributed by atoms with Crippen LogP contribution in [0.3, 0.4) is 0 Å². The van der Waals surface area contributed by atoms with Crippen LogP contribution in [0.1, 0.15) is 42.9 Å².